The Kier molecular flexibility index (Phi) is 5.61. The molecule has 1 amide bonds. The van der Waals surface area contributed by atoms with Crippen molar-refractivity contribution >= 4 is 28.9 Å². The number of thiocarbonyl (C=S) groups is 1. The smallest absolute Gasteiger partial charge is 0.255 e. The van der Waals surface area contributed by atoms with Crippen LogP contribution in [-0.4, -0.2) is 25.2 Å². The fraction of sp³-hybridized carbons (Fsp3) is 0.200. The number of hydrogen-bond donors (Lipinski definition) is 3. The van der Waals surface area contributed by atoms with Crippen LogP contribution in [0.25, 0.3) is 0 Å². The van der Waals surface area contributed by atoms with Crippen LogP contribution < -0.4 is 25.4 Å². The molecule has 3 rings (SSSR count). The summed E-state index contributed by atoms with van der Waals surface area (Å²) in [7, 11) is 3.19. The first kappa shape index (κ1) is 18.7. The van der Waals surface area contributed by atoms with Crippen LogP contribution in [0.4, 0.5) is 5.69 Å². The van der Waals surface area contributed by atoms with Crippen molar-refractivity contribution in [3.63, 3.8) is 0 Å². The van der Waals surface area contributed by atoms with Crippen LogP contribution in [-0.2, 0) is 4.79 Å². The molecule has 0 saturated heterocycles. The summed E-state index contributed by atoms with van der Waals surface area (Å²) in [6, 6.07) is 14.4. The van der Waals surface area contributed by atoms with Gasteiger partial charge in [0, 0.05) is 17.5 Å². The second kappa shape index (κ2) is 8.09. The van der Waals surface area contributed by atoms with Crippen molar-refractivity contribution in [1.82, 2.24) is 10.6 Å². The molecule has 0 bridgehead atoms. The number of carbonyl (C=O) groups excluding carboxylic acids is 1. The third-order valence-electron chi connectivity index (χ3n) is 4.27. The SMILES string of the molecule is COc1cccc(NC(=O)C2=C(C)NC(=S)NC2c2cccc(OC)c2)c1. The molecular formula is C20H21N3O3S. The molecule has 27 heavy (non-hydrogen) atoms. The Morgan fingerprint density at radius 2 is 1.74 bits per heavy atom. The van der Waals surface area contributed by atoms with Crippen LogP contribution in [0.1, 0.15) is 18.5 Å². The molecule has 1 atom stereocenters. The van der Waals surface area contributed by atoms with Gasteiger partial charge in [0.25, 0.3) is 5.91 Å². The predicted octanol–water partition coefficient (Wildman–Crippen LogP) is 3.14. The molecule has 0 radical (unpaired) electrons. The van der Waals surface area contributed by atoms with Gasteiger partial charge in [-0.2, -0.15) is 0 Å². The number of anilines is 1. The van der Waals surface area contributed by atoms with Gasteiger partial charge in [0.1, 0.15) is 11.5 Å². The molecule has 0 aliphatic carbocycles. The highest BCUT2D eigenvalue weighted by Crippen LogP contribution is 2.30. The highest BCUT2D eigenvalue weighted by atomic mass is 32.1. The van der Waals surface area contributed by atoms with E-state index in [1.165, 1.54) is 0 Å². The number of allylic oxidation sites excluding steroid dienone is 1. The Bertz CT molecular complexity index is 911. The first-order chi connectivity index (χ1) is 13.0. The van der Waals surface area contributed by atoms with E-state index in [9.17, 15) is 4.79 Å². The average molecular weight is 383 g/mol. The van der Waals surface area contributed by atoms with Gasteiger partial charge in [0.05, 0.1) is 25.8 Å². The van der Waals surface area contributed by atoms with E-state index in [0.717, 1.165) is 5.56 Å². The predicted molar refractivity (Wildman–Crippen MR) is 109 cm³/mol. The molecule has 0 fully saturated rings. The van der Waals surface area contributed by atoms with Crippen molar-refractivity contribution in [2.45, 2.75) is 13.0 Å². The van der Waals surface area contributed by atoms with E-state index in [1.54, 1.807) is 20.3 Å². The van der Waals surface area contributed by atoms with Crippen LogP contribution in [0, 0.1) is 0 Å². The van der Waals surface area contributed by atoms with Crippen LogP contribution in [0.5, 0.6) is 11.5 Å². The number of nitrogens with one attached hydrogen (secondary N) is 3. The highest BCUT2D eigenvalue weighted by Gasteiger charge is 2.30. The van der Waals surface area contributed by atoms with Crippen LogP contribution >= 0.6 is 12.2 Å². The fourth-order valence-electron chi connectivity index (χ4n) is 2.97. The zero-order valence-corrected chi connectivity index (χ0v) is 16.1. The van der Waals surface area contributed by atoms with Gasteiger partial charge in [0.2, 0.25) is 0 Å². The third kappa shape index (κ3) is 4.20. The number of rotatable bonds is 5. The van der Waals surface area contributed by atoms with Crippen molar-refractivity contribution in [1.29, 1.82) is 0 Å². The summed E-state index contributed by atoms with van der Waals surface area (Å²) in [5.41, 5.74) is 2.79. The van der Waals surface area contributed by atoms with Gasteiger partial charge in [-0.25, -0.2) is 0 Å². The lowest BCUT2D eigenvalue weighted by Crippen LogP contribution is -2.45. The minimum Gasteiger partial charge on any atom is -0.497 e. The van der Waals surface area contributed by atoms with Gasteiger partial charge in [-0.1, -0.05) is 18.2 Å². The van der Waals surface area contributed by atoms with Crippen molar-refractivity contribution in [2.75, 3.05) is 19.5 Å². The van der Waals surface area contributed by atoms with E-state index in [-0.39, 0.29) is 11.9 Å². The van der Waals surface area contributed by atoms with Crippen LogP contribution in [0.15, 0.2) is 59.8 Å². The van der Waals surface area contributed by atoms with Gasteiger partial charge in [-0.3, -0.25) is 4.79 Å². The molecule has 6 nitrogen and oxygen atoms in total. The minimum atomic E-state index is -0.389. The van der Waals surface area contributed by atoms with Crippen molar-refractivity contribution in [3.05, 3.63) is 65.4 Å². The number of benzene rings is 2. The second-order valence-corrected chi connectivity index (χ2v) is 6.44. The maximum absolute atomic E-state index is 13.1. The number of carbonyl (C=O) groups is 1. The summed E-state index contributed by atoms with van der Waals surface area (Å²) in [6.07, 6.45) is 0. The molecular weight excluding hydrogens is 362 g/mol. The Morgan fingerprint density at radius 1 is 1.07 bits per heavy atom. The average Bonchev–Trinajstić information content (AvgIpc) is 2.67. The number of hydrogen-bond acceptors (Lipinski definition) is 4. The van der Waals surface area contributed by atoms with E-state index >= 15 is 0 Å². The Morgan fingerprint density at radius 3 is 2.44 bits per heavy atom. The second-order valence-electron chi connectivity index (χ2n) is 6.03. The molecule has 2 aromatic rings. The summed E-state index contributed by atoms with van der Waals surface area (Å²) in [5.74, 6) is 1.16. The van der Waals surface area contributed by atoms with E-state index in [2.05, 4.69) is 16.0 Å². The quantitative estimate of drug-likeness (QED) is 0.689. The standard InChI is InChI=1S/C20H21N3O3S/c1-12-17(19(24)22-14-7-5-9-16(11-14)26-3)18(23-20(27)21-12)13-6-4-8-15(10-13)25-2/h4-11,18H,1-3H3,(H,22,24)(H2,21,23,27). The highest BCUT2D eigenvalue weighted by molar-refractivity contribution is 7.80. The first-order valence-electron chi connectivity index (χ1n) is 8.39. The molecule has 0 saturated carbocycles. The monoisotopic (exact) mass is 383 g/mol. The van der Waals surface area contributed by atoms with E-state index in [1.807, 2.05) is 49.4 Å². The van der Waals surface area contributed by atoms with Gasteiger partial charge in [-0.05, 0) is 49.0 Å². The molecule has 0 aromatic heterocycles. The zero-order valence-electron chi connectivity index (χ0n) is 15.3. The molecule has 140 valence electrons. The van der Waals surface area contributed by atoms with Gasteiger partial charge in [-0.15, -0.1) is 0 Å². The molecule has 0 spiro atoms. The molecule has 1 unspecified atom stereocenters. The van der Waals surface area contributed by atoms with E-state index in [0.29, 0.717) is 33.6 Å². The summed E-state index contributed by atoms with van der Waals surface area (Å²) >= 11 is 5.29. The van der Waals surface area contributed by atoms with Crippen LogP contribution in [0.2, 0.25) is 0 Å². The lowest BCUT2D eigenvalue weighted by atomic mass is 9.94. The Labute approximate surface area is 163 Å². The normalized spacial score (nSPS) is 16.3. The van der Waals surface area contributed by atoms with Crippen LogP contribution in [0.3, 0.4) is 0 Å². The maximum Gasteiger partial charge on any atom is 0.255 e. The van der Waals surface area contributed by atoms with Crippen molar-refractivity contribution in [2.24, 2.45) is 0 Å². The van der Waals surface area contributed by atoms with Gasteiger partial charge >= 0.3 is 0 Å². The van der Waals surface area contributed by atoms with E-state index in [4.69, 9.17) is 21.7 Å². The van der Waals surface area contributed by atoms with Crippen molar-refractivity contribution < 1.29 is 14.3 Å². The Hall–Kier alpha value is -3.06. The van der Waals surface area contributed by atoms with Gasteiger partial charge in [0.15, 0.2) is 5.11 Å². The molecule has 1 heterocycles. The van der Waals surface area contributed by atoms with Crippen molar-refractivity contribution in [3.8, 4) is 11.5 Å². The number of ether oxygens (including phenoxy) is 2. The topological polar surface area (TPSA) is 71.6 Å². The maximum atomic E-state index is 13.1. The number of amides is 1. The molecule has 7 heteroatoms. The third-order valence-corrected chi connectivity index (χ3v) is 4.49. The fourth-order valence-corrected chi connectivity index (χ4v) is 3.24. The molecule has 1 aliphatic rings. The minimum absolute atomic E-state index is 0.226. The molecule has 3 N–H and O–H groups in total. The molecule has 1 aliphatic heterocycles. The lowest BCUT2D eigenvalue weighted by Gasteiger charge is -2.30. The zero-order chi connectivity index (χ0) is 19.4. The summed E-state index contributed by atoms with van der Waals surface area (Å²) in [5, 5.41) is 9.60. The summed E-state index contributed by atoms with van der Waals surface area (Å²) in [6.45, 7) is 1.83. The largest absolute Gasteiger partial charge is 0.497 e. The van der Waals surface area contributed by atoms with Gasteiger partial charge < -0.3 is 25.4 Å². The lowest BCUT2D eigenvalue weighted by molar-refractivity contribution is -0.113. The number of methoxy groups -OCH3 is 2. The first-order valence-corrected chi connectivity index (χ1v) is 8.80. The molecule has 2 aromatic carbocycles. The van der Waals surface area contributed by atoms with E-state index < -0.39 is 0 Å². The summed E-state index contributed by atoms with van der Waals surface area (Å²) in [4.78, 5) is 13.1. The summed E-state index contributed by atoms with van der Waals surface area (Å²) < 4.78 is 10.5. The Balaban J connectivity index is 1.94.